The van der Waals surface area contributed by atoms with E-state index in [0.29, 0.717) is 37.1 Å². The Morgan fingerprint density at radius 3 is 3.09 bits per heavy atom. The van der Waals surface area contributed by atoms with E-state index in [1.807, 2.05) is 0 Å². The number of anilines is 1. The van der Waals surface area contributed by atoms with Gasteiger partial charge >= 0.3 is 0 Å². The van der Waals surface area contributed by atoms with Crippen LogP contribution in [0.4, 0.5) is 5.13 Å². The first kappa shape index (κ1) is 15.7. The molecule has 0 aliphatic carbocycles. The summed E-state index contributed by atoms with van der Waals surface area (Å²) in [5, 5.41) is 3.42. The summed E-state index contributed by atoms with van der Waals surface area (Å²) in [7, 11) is 0. The third-order valence-electron chi connectivity index (χ3n) is 3.84. The second-order valence-corrected chi connectivity index (χ2v) is 6.85. The van der Waals surface area contributed by atoms with Gasteiger partial charge in [0, 0.05) is 36.8 Å². The average molecular weight is 344 g/mol. The fourth-order valence-electron chi connectivity index (χ4n) is 2.67. The van der Waals surface area contributed by atoms with Crippen molar-refractivity contribution in [3.63, 3.8) is 0 Å². The SMILES string of the molecule is O=C(Nc1nc2c(s1)CN(C(=O)CCCl)CC2)C1CCCO1. The summed E-state index contributed by atoms with van der Waals surface area (Å²) in [5.41, 5.74) is 0.975. The van der Waals surface area contributed by atoms with Crippen molar-refractivity contribution in [2.75, 3.05) is 24.3 Å². The lowest BCUT2D eigenvalue weighted by Gasteiger charge is -2.25. The minimum Gasteiger partial charge on any atom is -0.368 e. The first-order valence-corrected chi connectivity index (χ1v) is 8.77. The van der Waals surface area contributed by atoms with Gasteiger partial charge in [0.05, 0.1) is 12.2 Å². The monoisotopic (exact) mass is 343 g/mol. The molecule has 1 fully saturated rings. The molecule has 120 valence electrons. The predicted octanol–water partition coefficient (Wildman–Crippen LogP) is 1.77. The Morgan fingerprint density at radius 2 is 2.36 bits per heavy atom. The molecule has 8 heteroatoms. The van der Waals surface area contributed by atoms with Gasteiger partial charge in [-0.1, -0.05) is 11.3 Å². The van der Waals surface area contributed by atoms with Crippen molar-refractivity contribution in [1.29, 1.82) is 0 Å². The number of thiazole rings is 1. The van der Waals surface area contributed by atoms with E-state index < -0.39 is 0 Å². The first-order valence-electron chi connectivity index (χ1n) is 7.42. The van der Waals surface area contributed by atoms with E-state index in [-0.39, 0.29) is 17.9 Å². The maximum Gasteiger partial charge on any atom is 0.255 e. The molecule has 1 aromatic rings. The summed E-state index contributed by atoms with van der Waals surface area (Å²) in [6.45, 7) is 1.86. The van der Waals surface area contributed by atoms with Crippen LogP contribution in [0.3, 0.4) is 0 Å². The second kappa shape index (κ2) is 6.93. The Labute approximate surface area is 137 Å². The molecular formula is C14H18ClN3O3S. The van der Waals surface area contributed by atoms with E-state index in [4.69, 9.17) is 16.3 Å². The number of nitrogens with one attached hydrogen (secondary N) is 1. The van der Waals surface area contributed by atoms with Crippen LogP contribution in [0.5, 0.6) is 0 Å². The van der Waals surface area contributed by atoms with E-state index >= 15 is 0 Å². The predicted molar refractivity (Wildman–Crippen MR) is 84.2 cm³/mol. The Bertz CT molecular complexity index is 572. The molecule has 22 heavy (non-hydrogen) atoms. The van der Waals surface area contributed by atoms with Crippen LogP contribution in [0, 0.1) is 0 Å². The lowest BCUT2D eigenvalue weighted by molar-refractivity contribution is -0.131. The molecule has 1 atom stereocenters. The molecule has 1 N–H and O–H groups in total. The molecule has 2 amide bonds. The molecule has 3 rings (SSSR count). The summed E-state index contributed by atoms with van der Waals surface area (Å²) < 4.78 is 5.36. The summed E-state index contributed by atoms with van der Waals surface area (Å²) in [4.78, 5) is 31.3. The minimum absolute atomic E-state index is 0.0685. The van der Waals surface area contributed by atoms with Crippen LogP contribution in [0.15, 0.2) is 0 Å². The topological polar surface area (TPSA) is 71.5 Å². The Hall–Kier alpha value is -1.18. The van der Waals surface area contributed by atoms with E-state index in [9.17, 15) is 9.59 Å². The van der Waals surface area contributed by atoms with Crippen molar-refractivity contribution in [1.82, 2.24) is 9.88 Å². The van der Waals surface area contributed by atoms with E-state index in [0.717, 1.165) is 29.8 Å². The number of carbonyl (C=O) groups excluding carboxylic acids is 2. The Kier molecular flexibility index (Phi) is 4.95. The van der Waals surface area contributed by atoms with Gasteiger partial charge in [-0.3, -0.25) is 14.9 Å². The van der Waals surface area contributed by atoms with Gasteiger partial charge in [0.25, 0.3) is 5.91 Å². The van der Waals surface area contributed by atoms with Crippen LogP contribution >= 0.6 is 22.9 Å². The molecule has 2 aliphatic heterocycles. The minimum atomic E-state index is -0.359. The van der Waals surface area contributed by atoms with Crippen molar-refractivity contribution < 1.29 is 14.3 Å². The average Bonchev–Trinajstić information content (AvgIpc) is 3.15. The largest absolute Gasteiger partial charge is 0.368 e. The number of carbonyl (C=O) groups is 2. The van der Waals surface area contributed by atoms with Crippen LogP contribution in [0.2, 0.25) is 0 Å². The Morgan fingerprint density at radius 1 is 1.50 bits per heavy atom. The molecule has 3 heterocycles. The lowest BCUT2D eigenvalue weighted by atomic mass is 10.1. The lowest BCUT2D eigenvalue weighted by Crippen LogP contribution is -2.35. The summed E-state index contributed by atoms with van der Waals surface area (Å²) >= 11 is 7.06. The van der Waals surface area contributed by atoms with Gasteiger partial charge in [-0.25, -0.2) is 4.98 Å². The molecule has 1 saturated heterocycles. The van der Waals surface area contributed by atoms with Gasteiger partial charge in [-0.15, -0.1) is 11.6 Å². The highest BCUT2D eigenvalue weighted by atomic mass is 35.5. The third kappa shape index (κ3) is 3.42. The standard InChI is InChI=1S/C14H18ClN3O3S/c15-5-3-12(19)18-6-4-9-11(8-18)22-14(16-9)17-13(20)10-2-1-7-21-10/h10H,1-8H2,(H,16,17,20). The number of amides is 2. The number of nitrogens with zero attached hydrogens (tertiary/aromatic N) is 2. The van der Waals surface area contributed by atoms with Crippen molar-refractivity contribution in [2.45, 2.75) is 38.3 Å². The van der Waals surface area contributed by atoms with E-state index in [2.05, 4.69) is 10.3 Å². The molecule has 1 unspecified atom stereocenters. The zero-order valence-corrected chi connectivity index (χ0v) is 13.7. The number of fused-ring (bicyclic) bond motifs is 1. The van der Waals surface area contributed by atoms with Gasteiger partial charge in [0.1, 0.15) is 6.10 Å². The Balaban J connectivity index is 1.63. The molecular weight excluding hydrogens is 326 g/mol. The zero-order valence-electron chi connectivity index (χ0n) is 12.1. The van der Waals surface area contributed by atoms with Crippen LogP contribution in [-0.4, -0.2) is 46.8 Å². The fourth-order valence-corrected chi connectivity index (χ4v) is 3.86. The quantitative estimate of drug-likeness (QED) is 0.846. The van der Waals surface area contributed by atoms with Crippen molar-refractivity contribution in [3.05, 3.63) is 10.6 Å². The van der Waals surface area contributed by atoms with Gasteiger partial charge in [0.15, 0.2) is 5.13 Å². The molecule has 0 saturated carbocycles. The summed E-state index contributed by atoms with van der Waals surface area (Å²) in [6, 6.07) is 0. The van der Waals surface area contributed by atoms with Crippen LogP contribution < -0.4 is 5.32 Å². The van der Waals surface area contributed by atoms with Crippen molar-refractivity contribution >= 4 is 39.9 Å². The van der Waals surface area contributed by atoms with Gasteiger partial charge in [-0.2, -0.15) is 0 Å². The third-order valence-corrected chi connectivity index (χ3v) is 5.03. The number of ether oxygens (including phenoxy) is 1. The van der Waals surface area contributed by atoms with Crippen LogP contribution in [-0.2, 0) is 27.3 Å². The van der Waals surface area contributed by atoms with Crippen molar-refractivity contribution in [3.8, 4) is 0 Å². The molecule has 0 bridgehead atoms. The maximum atomic E-state index is 12.0. The normalized spacial score (nSPS) is 20.8. The number of aromatic nitrogens is 1. The highest BCUT2D eigenvalue weighted by molar-refractivity contribution is 7.15. The number of rotatable bonds is 4. The van der Waals surface area contributed by atoms with E-state index in [1.54, 1.807) is 4.90 Å². The van der Waals surface area contributed by atoms with E-state index in [1.165, 1.54) is 11.3 Å². The molecule has 0 spiro atoms. The fraction of sp³-hybridized carbons (Fsp3) is 0.643. The smallest absolute Gasteiger partial charge is 0.255 e. The van der Waals surface area contributed by atoms with Gasteiger partial charge in [-0.05, 0) is 12.8 Å². The number of hydrogen-bond donors (Lipinski definition) is 1. The number of halogens is 1. The van der Waals surface area contributed by atoms with Crippen LogP contribution in [0.25, 0.3) is 0 Å². The first-order chi connectivity index (χ1) is 10.7. The molecule has 6 nitrogen and oxygen atoms in total. The molecule has 2 aliphatic rings. The number of hydrogen-bond acceptors (Lipinski definition) is 5. The van der Waals surface area contributed by atoms with Gasteiger partial charge in [0.2, 0.25) is 5.91 Å². The zero-order chi connectivity index (χ0) is 15.5. The summed E-state index contributed by atoms with van der Waals surface area (Å²) in [5.74, 6) is 0.283. The van der Waals surface area contributed by atoms with Crippen molar-refractivity contribution in [2.24, 2.45) is 0 Å². The number of alkyl halides is 1. The maximum absolute atomic E-state index is 12.0. The molecule has 0 radical (unpaired) electrons. The highest BCUT2D eigenvalue weighted by Gasteiger charge is 2.27. The second-order valence-electron chi connectivity index (χ2n) is 5.38. The summed E-state index contributed by atoms with van der Waals surface area (Å²) in [6.07, 6.45) is 2.40. The van der Waals surface area contributed by atoms with Gasteiger partial charge < -0.3 is 9.64 Å². The van der Waals surface area contributed by atoms with Crippen LogP contribution in [0.1, 0.15) is 29.8 Å². The molecule has 1 aromatic heterocycles. The molecule has 0 aromatic carbocycles. The highest BCUT2D eigenvalue weighted by Crippen LogP contribution is 2.29.